The van der Waals surface area contributed by atoms with Gasteiger partial charge in [0.05, 0.1) is 6.61 Å². The molecule has 0 aromatic heterocycles. The number of carbonyl (C=O) groups is 2. The largest absolute Gasteiger partial charge is 0.462 e. The number of hydrogen-bond donors (Lipinski definition) is 0. The van der Waals surface area contributed by atoms with Crippen molar-refractivity contribution < 1.29 is 32.0 Å². The number of hydrogen-bond acceptors (Lipinski definition) is 7. The molecule has 0 amide bonds. The average molecular weight is 451 g/mol. The van der Waals surface area contributed by atoms with Gasteiger partial charge < -0.3 is 22.4 Å². The molecule has 1 atom stereocenters. The van der Waals surface area contributed by atoms with Crippen LogP contribution in [-0.4, -0.2) is 63.1 Å². The van der Waals surface area contributed by atoms with Gasteiger partial charge in [0.1, 0.15) is 6.61 Å². The summed E-state index contributed by atoms with van der Waals surface area (Å²) in [5.74, 6) is -1.01. The molecule has 0 spiro atoms. The molecule has 0 fully saturated rings. The van der Waals surface area contributed by atoms with E-state index in [0.29, 0.717) is 6.61 Å². The summed E-state index contributed by atoms with van der Waals surface area (Å²) < 4.78 is 28.6. The first-order valence-corrected chi connectivity index (χ1v) is 18.9. The summed E-state index contributed by atoms with van der Waals surface area (Å²) >= 11 is 0. The molecule has 0 N–H and O–H groups in total. The number of esters is 2. The average Bonchev–Trinajstić information content (AvgIpc) is 2.47. The van der Waals surface area contributed by atoms with Crippen LogP contribution >= 0.6 is 0 Å². The van der Waals surface area contributed by atoms with Crippen LogP contribution in [0.15, 0.2) is 12.7 Å². The van der Waals surface area contributed by atoms with E-state index in [-0.39, 0.29) is 13.2 Å². The lowest BCUT2D eigenvalue weighted by atomic mass is 10.4. The Morgan fingerprint density at radius 2 is 1.50 bits per heavy atom. The van der Waals surface area contributed by atoms with Crippen LogP contribution in [0.5, 0.6) is 0 Å². The maximum absolute atomic E-state index is 11.4. The van der Waals surface area contributed by atoms with Crippen LogP contribution in [-0.2, 0) is 32.0 Å². The molecular weight excluding hydrogens is 412 g/mol. The molecule has 0 heterocycles. The van der Waals surface area contributed by atoms with Gasteiger partial charge in [0.15, 0.2) is 22.7 Å². The number of rotatable bonds is 14. The maximum Gasteiger partial charge on any atom is 0.330 e. The van der Waals surface area contributed by atoms with Crippen molar-refractivity contribution in [3.63, 3.8) is 0 Å². The van der Waals surface area contributed by atoms with Crippen LogP contribution in [0.4, 0.5) is 0 Å². The van der Waals surface area contributed by atoms with Crippen molar-refractivity contribution in [1.29, 1.82) is 0 Å². The topological polar surface area (TPSA) is 80.3 Å². The lowest BCUT2D eigenvalue weighted by molar-refractivity contribution is -0.157. The molecule has 0 rings (SSSR count). The zero-order valence-electron chi connectivity index (χ0n) is 18.8. The Hall–Kier alpha value is -0.789. The molecule has 0 saturated heterocycles. The molecule has 0 bridgehead atoms. The minimum absolute atomic E-state index is 0.0428. The third-order valence-electron chi connectivity index (χ3n) is 3.19. The van der Waals surface area contributed by atoms with Crippen molar-refractivity contribution >= 4 is 37.1 Å². The van der Waals surface area contributed by atoms with Crippen LogP contribution in [0.1, 0.15) is 13.3 Å². The van der Waals surface area contributed by atoms with E-state index in [9.17, 15) is 9.59 Å². The second-order valence-corrected chi connectivity index (χ2v) is 21.7. The van der Waals surface area contributed by atoms with E-state index in [1.165, 1.54) is 6.92 Å². The highest BCUT2D eigenvalue weighted by Gasteiger charge is 2.39. The van der Waals surface area contributed by atoms with Crippen LogP contribution < -0.4 is 0 Å². The van der Waals surface area contributed by atoms with Gasteiger partial charge in [-0.3, -0.25) is 4.79 Å². The van der Waals surface area contributed by atoms with Crippen molar-refractivity contribution in [3.05, 3.63) is 12.7 Å². The minimum Gasteiger partial charge on any atom is -0.462 e. The van der Waals surface area contributed by atoms with E-state index in [4.69, 9.17) is 22.4 Å². The second-order valence-electron chi connectivity index (χ2n) is 8.81. The van der Waals surface area contributed by atoms with E-state index in [2.05, 4.69) is 52.4 Å². The Balaban J connectivity index is 4.59. The standard InChI is InChI=1S/C18H38O7Si3/c1-10-18(20)23-17(15-22-16(2)19)14-21-12-11-13-28(9,24-26(3,4)5)25-27(6,7)8/h10,17H,1,11-15H2,2-9H3. The quantitative estimate of drug-likeness (QED) is 0.172. The van der Waals surface area contributed by atoms with Crippen LogP contribution in [0.25, 0.3) is 0 Å². The highest BCUT2D eigenvalue weighted by Crippen LogP contribution is 2.25. The Labute approximate surface area is 173 Å². The summed E-state index contributed by atoms with van der Waals surface area (Å²) in [6.45, 7) is 20.4. The third-order valence-corrected chi connectivity index (χ3v) is 12.8. The highest BCUT2D eigenvalue weighted by molar-refractivity contribution is 6.87. The van der Waals surface area contributed by atoms with E-state index in [0.717, 1.165) is 18.5 Å². The zero-order chi connectivity index (χ0) is 22.0. The molecule has 7 nitrogen and oxygen atoms in total. The van der Waals surface area contributed by atoms with Gasteiger partial charge >= 0.3 is 20.5 Å². The molecule has 0 aliphatic carbocycles. The van der Waals surface area contributed by atoms with Gasteiger partial charge in [-0.25, -0.2) is 4.79 Å². The number of ether oxygens (including phenoxy) is 3. The summed E-state index contributed by atoms with van der Waals surface area (Å²) in [5, 5.41) is 0. The molecule has 0 aliphatic rings. The fourth-order valence-corrected chi connectivity index (χ4v) is 15.2. The summed E-state index contributed by atoms with van der Waals surface area (Å²) in [7, 11) is -5.72. The normalized spacial score (nSPS) is 13.7. The van der Waals surface area contributed by atoms with Crippen molar-refractivity contribution in [2.45, 2.75) is 71.3 Å². The molecule has 0 aromatic carbocycles. The number of carbonyl (C=O) groups excluding carboxylic acids is 2. The fourth-order valence-electron chi connectivity index (χ4n) is 2.67. The van der Waals surface area contributed by atoms with E-state index in [1.807, 2.05) is 0 Å². The summed E-state index contributed by atoms with van der Waals surface area (Å²) in [6, 6.07) is 0.836. The summed E-state index contributed by atoms with van der Waals surface area (Å²) in [4.78, 5) is 22.4. The molecule has 164 valence electrons. The Morgan fingerprint density at radius 1 is 0.964 bits per heavy atom. The summed E-state index contributed by atoms with van der Waals surface area (Å²) in [5.41, 5.74) is 0. The maximum atomic E-state index is 11.4. The molecule has 0 radical (unpaired) electrons. The Morgan fingerprint density at radius 3 is 1.93 bits per heavy atom. The highest BCUT2D eigenvalue weighted by atomic mass is 28.5. The Kier molecular flexibility index (Phi) is 11.7. The van der Waals surface area contributed by atoms with Crippen LogP contribution in [0.2, 0.25) is 51.9 Å². The second kappa shape index (κ2) is 12.0. The molecular formula is C18H38O7Si3. The molecule has 1 unspecified atom stereocenters. The van der Waals surface area contributed by atoms with Crippen molar-refractivity contribution in [2.75, 3.05) is 19.8 Å². The molecule has 0 aliphatic heterocycles. The first kappa shape index (κ1) is 27.2. The SMILES string of the molecule is C=CC(=O)OC(COCCC[Si](C)(O[Si](C)(C)C)O[Si](C)(C)C)COC(C)=O. The van der Waals surface area contributed by atoms with Crippen molar-refractivity contribution in [3.8, 4) is 0 Å². The van der Waals surface area contributed by atoms with Gasteiger partial charge in [0.25, 0.3) is 0 Å². The van der Waals surface area contributed by atoms with Gasteiger partial charge in [-0.1, -0.05) is 6.58 Å². The smallest absolute Gasteiger partial charge is 0.330 e. The first-order chi connectivity index (χ1) is 12.7. The fraction of sp³-hybridized carbons (Fsp3) is 0.778. The van der Waals surface area contributed by atoms with Gasteiger partial charge in [-0.15, -0.1) is 0 Å². The van der Waals surface area contributed by atoms with Crippen molar-refractivity contribution in [1.82, 2.24) is 0 Å². The van der Waals surface area contributed by atoms with E-state index in [1.54, 1.807) is 0 Å². The van der Waals surface area contributed by atoms with Gasteiger partial charge in [-0.05, 0) is 58.3 Å². The van der Waals surface area contributed by atoms with E-state index >= 15 is 0 Å². The first-order valence-electron chi connectivity index (χ1n) is 9.60. The van der Waals surface area contributed by atoms with Gasteiger partial charge in [-0.2, -0.15) is 0 Å². The lowest BCUT2D eigenvalue weighted by Gasteiger charge is -2.38. The molecule has 10 heteroatoms. The third kappa shape index (κ3) is 15.2. The lowest BCUT2D eigenvalue weighted by Crippen LogP contribution is -2.52. The predicted molar refractivity (Wildman–Crippen MR) is 117 cm³/mol. The summed E-state index contributed by atoms with van der Waals surface area (Å²) in [6.07, 6.45) is 1.20. The monoisotopic (exact) mass is 450 g/mol. The molecule has 0 saturated carbocycles. The molecule has 0 aromatic rings. The predicted octanol–water partition coefficient (Wildman–Crippen LogP) is 3.83. The molecule has 28 heavy (non-hydrogen) atoms. The van der Waals surface area contributed by atoms with Gasteiger partial charge in [0, 0.05) is 19.6 Å². The zero-order valence-corrected chi connectivity index (χ0v) is 21.8. The van der Waals surface area contributed by atoms with Crippen LogP contribution in [0, 0.1) is 0 Å². The van der Waals surface area contributed by atoms with E-state index < -0.39 is 43.2 Å². The van der Waals surface area contributed by atoms with Crippen LogP contribution in [0.3, 0.4) is 0 Å². The van der Waals surface area contributed by atoms with Gasteiger partial charge in [0.2, 0.25) is 0 Å². The van der Waals surface area contributed by atoms with Crippen molar-refractivity contribution in [2.24, 2.45) is 0 Å². The minimum atomic E-state index is -2.28. The Bertz CT molecular complexity index is 496.